The van der Waals surface area contributed by atoms with Gasteiger partial charge in [-0.1, -0.05) is 0 Å². The van der Waals surface area contributed by atoms with Crippen LogP contribution in [0.15, 0.2) is 24.3 Å². The van der Waals surface area contributed by atoms with Crippen LogP contribution in [0.4, 0.5) is 5.69 Å². The molecule has 0 aliphatic carbocycles. The molecule has 4 rings (SSSR count). The van der Waals surface area contributed by atoms with Gasteiger partial charge in [-0.05, 0) is 43.0 Å². The maximum absolute atomic E-state index is 12.6. The van der Waals surface area contributed by atoms with Crippen LogP contribution in [0.1, 0.15) is 19.3 Å². The summed E-state index contributed by atoms with van der Waals surface area (Å²) in [5.41, 5.74) is 6.61. The van der Waals surface area contributed by atoms with Gasteiger partial charge in [-0.15, -0.1) is 0 Å². The van der Waals surface area contributed by atoms with Crippen molar-refractivity contribution < 1.29 is 14.6 Å². The number of nitrogens with one attached hydrogen (secondary N) is 5. The van der Waals surface area contributed by atoms with Crippen molar-refractivity contribution >= 4 is 11.6 Å². The topological polar surface area (TPSA) is 134 Å². The molecule has 1 amide bonds. The number of nitrogens with zero attached hydrogens (tertiary/aromatic N) is 2. The van der Waals surface area contributed by atoms with E-state index in [1.165, 1.54) is 0 Å². The van der Waals surface area contributed by atoms with Crippen molar-refractivity contribution in [3.05, 3.63) is 24.3 Å². The average Bonchev–Trinajstić information content (AvgIpc) is 2.79. The van der Waals surface area contributed by atoms with Gasteiger partial charge in [-0.3, -0.25) is 25.8 Å². The normalized spacial score (nSPS) is 29.5. The molecule has 0 spiro atoms. The molecule has 6 N–H and O–H groups in total. The summed E-state index contributed by atoms with van der Waals surface area (Å²) in [6.07, 6.45) is 2.33. The van der Waals surface area contributed by atoms with Crippen molar-refractivity contribution in [3.8, 4) is 11.8 Å². The summed E-state index contributed by atoms with van der Waals surface area (Å²) in [6, 6.07) is 9.78. The molecule has 31 heavy (non-hydrogen) atoms. The number of carbonyl (C=O) groups is 1. The predicted molar refractivity (Wildman–Crippen MR) is 114 cm³/mol. The minimum atomic E-state index is -0.279. The molecule has 3 fully saturated rings. The smallest absolute Gasteiger partial charge is 0.242 e. The molecule has 0 saturated carbocycles. The van der Waals surface area contributed by atoms with E-state index in [0.717, 1.165) is 31.6 Å². The molecule has 1 aromatic rings. The molecule has 4 atom stereocenters. The molecule has 0 aromatic heterocycles. The van der Waals surface area contributed by atoms with E-state index in [1.54, 1.807) is 0 Å². The van der Waals surface area contributed by atoms with Gasteiger partial charge >= 0.3 is 0 Å². The number of piperidine rings is 1. The van der Waals surface area contributed by atoms with Crippen LogP contribution in [0.2, 0.25) is 0 Å². The SMILES string of the molecule is N#CCC1CCN(C2NC3CNNC(=O)C3C(Nc3ccc(OCCO)cc3)N2)CC1. The third-order valence-corrected chi connectivity index (χ3v) is 6.27. The van der Waals surface area contributed by atoms with E-state index in [0.29, 0.717) is 24.6 Å². The Hall–Kier alpha value is -2.42. The van der Waals surface area contributed by atoms with Gasteiger partial charge in [0.05, 0.1) is 24.8 Å². The molecule has 10 nitrogen and oxygen atoms in total. The average molecular weight is 430 g/mol. The number of rotatable bonds is 7. The van der Waals surface area contributed by atoms with Crippen molar-refractivity contribution in [2.75, 3.05) is 38.2 Å². The van der Waals surface area contributed by atoms with E-state index in [9.17, 15) is 4.79 Å². The molecular weight excluding hydrogens is 398 g/mol. The van der Waals surface area contributed by atoms with Crippen LogP contribution in [0.5, 0.6) is 5.75 Å². The Bertz CT molecular complexity index is 776. The molecule has 0 bridgehead atoms. The fourth-order valence-corrected chi connectivity index (χ4v) is 4.59. The summed E-state index contributed by atoms with van der Waals surface area (Å²) in [7, 11) is 0. The lowest BCUT2D eigenvalue weighted by molar-refractivity contribution is -0.132. The number of aliphatic hydroxyl groups excluding tert-OH is 1. The highest BCUT2D eigenvalue weighted by Gasteiger charge is 2.45. The van der Waals surface area contributed by atoms with Crippen LogP contribution in [0.3, 0.4) is 0 Å². The third kappa shape index (κ3) is 5.26. The van der Waals surface area contributed by atoms with E-state index >= 15 is 0 Å². The minimum absolute atomic E-state index is 0.0125. The summed E-state index contributed by atoms with van der Waals surface area (Å²) in [6.45, 7) is 2.70. The molecule has 3 saturated heterocycles. The summed E-state index contributed by atoms with van der Waals surface area (Å²) in [5, 5.41) is 28.5. The van der Waals surface area contributed by atoms with Gasteiger partial charge in [-0.2, -0.15) is 5.26 Å². The molecule has 0 radical (unpaired) electrons. The van der Waals surface area contributed by atoms with Gasteiger partial charge in [-0.25, -0.2) is 5.43 Å². The summed E-state index contributed by atoms with van der Waals surface area (Å²) in [5.74, 6) is 0.829. The Morgan fingerprint density at radius 1 is 1.23 bits per heavy atom. The number of hydrazine groups is 1. The van der Waals surface area contributed by atoms with E-state index in [4.69, 9.17) is 15.1 Å². The fraction of sp³-hybridized carbons (Fsp3) is 0.619. The number of hydrogen-bond acceptors (Lipinski definition) is 9. The number of carbonyl (C=O) groups excluding carboxylic acids is 1. The second-order valence-electron chi connectivity index (χ2n) is 8.30. The fourth-order valence-electron chi connectivity index (χ4n) is 4.59. The lowest BCUT2D eigenvalue weighted by atomic mass is 9.90. The zero-order valence-electron chi connectivity index (χ0n) is 17.5. The lowest BCUT2D eigenvalue weighted by Crippen LogP contribution is -2.77. The molecule has 3 heterocycles. The highest BCUT2D eigenvalue weighted by molar-refractivity contribution is 5.81. The van der Waals surface area contributed by atoms with E-state index in [-0.39, 0.29) is 43.5 Å². The van der Waals surface area contributed by atoms with Crippen LogP contribution in [-0.4, -0.2) is 67.3 Å². The zero-order valence-corrected chi connectivity index (χ0v) is 17.5. The minimum Gasteiger partial charge on any atom is -0.491 e. The zero-order chi connectivity index (χ0) is 21.6. The second-order valence-corrected chi connectivity index (χ2v) is 8.30. The van der Waals surface area contributed by atoms with Gasteiger partial charge in [0.1, 0.15) is 18.6 Å². The van der Waals surface area contributed by atoms with Crippen molar-refractivity contribution in [3.63, 3.8) is 0 Å². The summed E-state index contributed by atoms with van der Waals surface area (Å²) < 4.78 is 5.42. The van der Waals surface area contributed by atoms with Gasteiger partial charge in [0, 0.05) is 37.8 Å². The Labute approximate surface area is 182 Å². The van der Waals surface area contributed by atoms with E-state index < -0.39 is 0 Å². The molecular formula is C21H31N7O3. The number of benzene rings is 1. The summed E-state index contributed by atoms with van der Waals surface area (Å²) in [4.78, 5) is 15.0. The molecule has 3 aliphatic heterocycles. The Morgan fingerprint density at radius 2 is 2.00 bits per heavy atom. The van der Waals surface area contributed by atoms with E-state index in [2.05, 4.69) is 37.8 Å². The number of anilines is 1. The number of hydrogen-bond donors (Lipinski definition) is 6. The van der Waals surface area contributed by atoms with Gasteiger partial charge in [0.15, 0.2) is 0 Å². The predicted octanol–water partition coefficient (Wildman–Crippen LogP) is -0.483. The molecule has 3 aliphatic rings. The van der Waals surface area contributed by atoms with Crippen LogP contribution in [0, 0.1) is 23.2 Å². The highest BCUT2D eigenvalue weighted by atomic mass is 16.5. The Morgan fingerprint density at radius 3 is 2.71 bits per heavy atom. The quantitative estimate of drug-likeness (QED) is 0.340. The van der Waals surface area contributed by atoms with Crippen LogP contribution >= 0.6 is 0 Å². The lowest BCUT2D eigenvalue weighted by Gasteiger charge is -2.49. The first-order chi connectivity index (χ1) is 15.2. The number of likely N-dealkylation sites (tertiary alicyclic amines) is 1. The van der Waals surface area contributed by atoms with Gasteiger partial charge < -0.3 is 15.2 Å². The van der Waals surface area contributed by atoms with Crippen LogP contribution in [0.25, 0.3) is 0 Å². The van der Waals surface area contributed by atoms with Gasteiger partial charge in [0.25, 0.3) is 0 Å². The van der Waals surface area contributed by atoms with Crippen molar-refractivity contribution in [2.45, 2.75) is 37.8 Å². The number of aliphatic hydroxyl groups is 1. The molecule has 10 heteroatoms. The van der Waals surface area contributed by atoms with Gasteiger partial charge in [0.2, 0.25) is 5.91 Å². The monoisotopic (exact) mass is 429 g/mol. The van der Waals surface area contributed by atoms with E-state index in [1.807, 2.05) is 24.3 Å². The van der Waals surface area contributed by atoms with Crippen molar-refractivity contribution in [1.82, 2.24) is 26.4 Å². The second kappa shape index (κ2) is 10.3. The molecule has 1 aromatic carbocycles. The number of fused-ring (bicyclic) bond motifs is 1. The molecule has 168 valence electrons. The van der Waals surface area contributed by atoms with Crippen molar-refractivity contribution in [2.24, 2.45) is 11.8 Å². The maximum Gasteiger partial charge on any atom is 0.242 e. The Balaban J connectivity index is 1.44. The number of ether oxygens (including phenoxy) is 1. The maximum atomic E-state index is 12.6. The Kier molecular flexibility index (Phi) is 7.21. The summed E-state index contributed by atoms with van der Waals surface area (Å²) >= 11 is 0. The van der Waals surface area contributed by atoms with Crippen LogP contribution in [-0.2, 0) is 4.79 Å². The van der Waals surface area contributed by atoms with Crippen molar-refractivity contribution in [1.29, 1.82) is 5.26 Å². The number of nitriles is 1. The first-order valence-electron chi connectivity index (χ1n) is 10.9. The first-order valence-corrected chi connectivity index (χ1v) is 10.9. The number of amides is 1. The standard InChI is InChI=1S/C21H31N7O3/c22-8-5-14-6-9-28(10-7-14)21-25-17-13-23-27-20(30)18(17)19(26-21)24-15-1-3-16(4-2-15)31-12-11-29/h1-4,14,17-19,21,23-26,29H,5-7,9-13H2,(H,27,30). The third-order valence-electron chi connectivity index (χ3n) is 6.27. The van der Waals surface area contributed by atoms with Crippen LogP contribution < -0.4 is 31.5 Å². The first kappa shape index (κ1) is 21.8. The highest BCUT2D eigenvalue weighted by Crippen LogP contribution is 2.25. The molecule has 4 unspecified atom stereocenters. The largest absolute Gasteiger partial charge is 0.491 e.